The number of anilines is 1. The second-order valence-electron chi connectivity index (χ2n) is 13.6. The molecule has 2 aromatic heterocycles. The smallest absolute Gasteiger partial charge is 0.373 e. The normalized spacial score (nSPS) is 22.0. The summed E-state index contributed by atoms with van der Waals surface area (Å²) in [4.78, 5) is 61.7. The van der Waals surface area contributed by atoms with Crippen LogP contribution in [0, 0.1) is 19.4 Å². The number of amides is 2. The van der Waals surface area contributed by atoms with E-state index in [-0.39, 0.29) is 49.8 Å². The van der Waals surface area contributed by atoms with Crippen molar-refractivity contribution in [3.8, 4) is 5.75 Å². The Morgan fingerprint density at radius 3 is 2.51 bits per heavy atom. The minimum Gasteiger partial charge on any atom is -0.475 e. The average Bonchev–Trinajstić information content (AvgIpc) is 3.61. The van der Waals surface area contributed by atoms with Crippen LogP contribution >= 0.6 is 0 Å². The van der Waals surface area contributed by atoms with Crippen LogP contribution in [0.4, 0.5) is 10.6 Å². The highest BCUT2D eigenvalue weighted by molar-refractivity contribution is 5.94. The summed E-state index contributed by atoms with van der Waals surface area (Å²) >= 11 is 0. The largest absolute Gasteiger partial charge is 0.475 e. The van der Waals surface area contributed by atoms with Gasteiger partial charge in [0.15, 0.2) is 11.5 Å². The SMILES string of the molecule is O=C=O.[C-]#[N+]CC(=O)N1CC[C@@H](C)[C@@H](N(C)c2ncnc3c2ccn3C(=O)N(C)CCN(C)C(=C)OCc2ccc(O[C@@H]3OC[C@@H](O)[C@H](O)[C@H]3O)c(C)c2)C1. The summed E-state index contributed by atoms with van der Waals surface area (Å²) in [5.41, 5.74) is 2.09. The van der Waals surface area contributed by atoms with Gasteiger partial charge in [-0.15, -0.1) is 0 Å². The van der Waals surface area contributed by atoms with Crippen molar-refractivity contribution in [1.29, 1.82) is 0 Å². The summed E-state index contributed by atoms with van der Waals surface area (Å²) in [6.45, 7) is 16.9. The molecule has 296 valence electrons. The Labute approximate surface area is 318 Å². The highest BCUT2D eigenvalue weighted by Gasteiger charge is 2.39. The van der Waals surface area contributed by atoms with Crippen LogP contribution in [-0.4, -0.2) is 154 Å². The molecule has 55 heavy (non-hydrogen) atoms. The predicted octanol–water partition coefficient (Wildman–Crippen LogP) is 1.09. The van der Waals surface area contributed by atoms with E-state index in [4.69, 9.17) is 30.4 Å². The highest BCUT2D eigenvalue weighted by Crippen LogP contribution is 2.30. The maximum atomic E-state index is 13.6. The predicted molar refractivity (Wildman–Crippen MR) is 196 cm³/mol. The molecule has 6 atom stereocenters. The Morgan fingerprint density at radius 2 is 1.82 bits per heavy atom. The molecule has 5 rings (SSSR count). The minimum absolute atomic E-state index is 0.0183. The van der Waals surface area contributed by atoms with Crippen molar-refractivity contribution in [2.24, 2.45) is 5.92 Å². The standard InChI is InChI=1S/C36H48N8O8.CO2/c1-22-10-12-43(30(46)17-37-4)18-27(22)42(7)33-26-11-13-44(34(26)39-21-38-33)36(49)41(6)15-14-40(5)24(3)50-19-25-8-9-29(23(2)16-25)52-35-32(48)31(47)28(45)20-51-35;2-1-3/h8-9,11,13,16,21-22,27-28,31-32,35,45,47-48H,3,10,12,14-15,17-20H2,1-2,5-7H3;/t22-,27+,28-,31+,32-,35+;/m1./s1. The number of benzene rings is 1. The molecule has 18 nitrogen and oxygen atoms in total. The van der Waals surface area contributed by atoms with Gasteiger partial charge in [-0.25, -0.2) is 21.3 Å². The molecule has 2 amide bonds. The topological polar surface area (TPSA) is 205 Å². The van der Waals surface area contributed by atoms with Crippen LogP contribution in [0.15, 0.2) is 49.3 Å². The number of aliphatic hydroxyl groups excluding tert-OH is 3. The van der Waals surface area contributed by atoms with Gasteiger partial charge in [0.25, 0.3) is 6.54 Å². The molecule has 0 saturated carbocycles. The number of likely N-dealkylation sites (tertiary alicyclic amines) is 1. The quantitative estimate of drug-likeness (QED) is 0.175. The fraction of sp³-hybridized carbons (Fsp3) is 0.514. The van der Waals surface area contributed by atoms with Crippen molar-refractivity contribution >= 4 is 34.9 Å². The van der Waals surface area contributed by atoms with Crippen molar-refractivity contribution in [2.45, 2.75) is 57.5 Å². The monoisotopic (exact) mass is 764 g/mol. The Morgan fingerprint density at radius 1 is 1.11 bits per heavy atom. The van der Waals surface area contributed by atoms with E-state index >= 15 is 0 Å². The number of hydrogen-bond donors (Lipinski definition) is 3. The number of piperidine rings is 1. The number of carbonyl (C=O) groups excluding carboxylic acids is 4. The number of ether oxygens (including phenoxy) is 3. The zero-order valence-electron chi connectivity index (χ0n) is 31.6. The molecule has 2 fully saturated rings. The van der Waals surface area contributed by atoms with Gasteiger partial charge in [-0.1, -0.05) is 13.0 Å². The average molecular weight is 765 g/mol. The lowest BCUT2D eigenvalue weighted by Gasteiger charge is -2.41. The van der Waals surface area contributed by atoms with Gasteiger partial charge < -0.3 is 54.0 Å². The lowest BCUT2D eigenvalue weighted by Crippen LogP contribution is -2.54. The summed E-state index contributed by atoms with van der Waals surface area (Å²) < 4.78 is 18.5. The van der Waals surface area contributed by atoms with Gasteiger partial charge in [0.1, 0.15) is 42.8 Å². The Balaban J connectivity index is 0.00000217. The number of hydrogen-bond acceptors (Lipinski definition) is 14. The van der Waals surface area contributed by atoms with Crippen LogP contribution in [0.25, 0.3) is 15.9 Å². The second-order valence-corrected chi connectivity index (χ2v) is 13.6. The molecule has 18 heteroatoms. The third-order valence-corrected chi connectivity index (χ3v) is 9.85. The van der Waals surface area contributed by atoms with Crippen molar-refractivity contribution in [2.75, 3.05) is 65.4 Å². The summed E-state index contributed by atoms with van der Waals surface area (Å²) in [5.74, 6) is 1.66. The summed E-state index contributed by atoms with van der Waals surface area (Å²) in [5, 5.41) is 30.5. The van der Waals surface area contributed by atoms with E-state index in [2.05, 4.69) is 28.3 Å². The number of aryl methyl sites for hydroxylation is 1. The molecule has 0 radical (unpaired) electrons. The molecule has 1 aromatic carbocycles. The Bertz CT molecular complexity index is 1890. The lowest BCUT2D eigenvalue weighted by molar-refractivity contribution is -0.242. The molecule has 2 saturated heterocycles. The van der Waals surface area contributed by atoms with Crippen LogP contribution in [0.1, 0.15) is 24.5 Å². The van der Waals surface area contributed by atoms with Gasteiger partial charge in [-0.3, -0.25) is 9.36 Å². The molecule has 0 spiro atoms. The van der Waals surface area contributed by atoms with Gasteiger partial charge in [0.2, 0.25) is 6.29 Å². The first-order valence-corrected chi connectivity index (χ1v) is 17.6. The molecule has 0 bridgehead atoms. The number of rotatable bonds is 12. The molecule has 3 N–H and O–H groups in total. The van der Waals surface area contributed by atoms with Crippen LogP contribution in [0.5, 0.6) is 5.75 Å². The number of fused-ring (bicyclic) bond motifs is 1. The van der Waals surface area contributed by atoms with Crippen molar-refractivity contribution in [3.05, 3.63) is 71.8 Å². The summed E-state index contributed by atoms with van der Waals surface area (Å²) in [7, 11) is 5.48. The number of likely N-dealkylation sites (N-methyl/N-ethyl adjacent to an activating group) is 3. The molecule has 3 aromatic rings. The fourth-order valence-corrected chi connectivity index (χ4v) is 6.40. The molecule has 2 aliphatic heterocycles. The van der Waals surface area contributed by atoms with Crippen molar-refractivity contribution in [3.63, 3.8) is 0 Å². The van der Waals surface area contributed by atoms with Crippen molar-refractivity contribution in [1.82, 2.24) is 29.2 Å². The minimum atomic E-state index is -1.39. The van der Waals surface area contributed by atoms with E-state index < -0.39 is 24.6 Å². The molecular weight excluding hydrogens is 716 g/mol. The molecule has 0 unspecified atom stereocenters. The zero-order chi connectivity index (χ0) is 40.4. The molecule has 2 aliphatic rings. The van der Waals surface area contributed by atoms with Crippen molar-refractivity contribution < 1.29 is 48.7 Å². The van der Waals surface area contributed by atoms with Gasteiger partial charge in [-0.2, -0.15) is 9.59 Å². The third kappa shape index (κ3) is 10.1. The molecule has 4 heterocycles. The van der Waals surface area contributed by atoms with Gasteiger partial charge in [0, 0.05) is 53.5 Å². The fourth-order valence-electron chi connectivity index (χ4n) is 6.40. The van der Waals surface area contributed by atoms with E-state index in [1.165, 1.54) is 10.9 Å². The zero-order valence-corrected chi connectivity index (χ0v) is 31.6. The Kier molecular flexibility index (Phi) is 14.7. The van der Waals surface area contributed by atoms with E-state index in [0.29, 0.717) is 49.3 Å². The van der Waals surface area contributed by atoms with E-state index in [1.54, 1.807) is 35.2 Å². The van der Waals surface area contributed by atoms with Gasteiger partial charge in [-0.05, 0) is 55.2 Å². The van der Waals surface area contributed by atoms with Crippen LogP contribution < -0.4 is 9.64 Å². The first-order valence-electron chi connectivity index (χ1n) is 17.6. The number of nitrogens with zero attached hydrogens (tertiary/aromatic N) is 8. The summed E-state index contributed by atoms with van der Waals surface area (Å²) in [6, 6.07) is 6.94. The first-order chi connectivity index (χ1) is 26.2. The number of aromatic nitrogens is 3. The van der Waals surface area contributed by atoms with E-state index in [9.17, 15) is 24.9 Å². The highest BCUT2D eigenvalue weighted by atomic mass is 16.7. The summed E-state index contributed by atoms with van der Waals surface area (Å²) in [6.07, 6.45) is -0.852. The van der Waals surface area contributed by atoms with Gasteiger partial charge >= 0.3 is 18.1 Å². The maximum Gasteiger partial charge on any atom is 0.373 e. The first kappa shape index (κ1) is 42.2. The number of aliphatic hydroxyl groups is 3. The third-order valence-electron chi connectivity index (χ3n) is 9.85. The van der Waals surface area contributed by atoms with Crippen LogP contribution in [-0.2, 0) is 30.5 Å². The maximum absolute atomic E-state index is 13.6. The van der Waals surface area contributed by atoms with E-state index in [1.807, 2.05) is 43.0 Å². The molecular formula is C37H48N8O10. The molecule has 0 aliphatic carbocycles. The second kappa shape index (κ2) is 19.1. The van der Waals surface area contributed by atoms with E-state index in [0.717, 1.165) is 22.9 Å². The van der Waals surface area contributed by atoms with Crippen LogP contribution in [0.3, 0.4) is 0 Å². The lowest BCUT2D eigenvalue weighted by atomic mass is 9.92. The Hall–Kier alpha value is -5.57. The van der Waals surface area contributed by atoms with Crippen LogP contribution in [0.2, 0.25) is 0 Å². The number of carbonyl (C=O) groups is 2. The van der Waals surface area contributed by atoms with Gasteiger partial charge in [0.05, 0.1) is 18.0 Å².